The number of carbonyl (C=O) groups is 1. The maximum absolute atomic E-state index is 12.0. The van der Waals surface area contributed by atoms with Crippen molar-refractivity contribution in [1.29, 1.82) is 0 Å². The van der Waals surface area contributed by atoms with Crippen LogP contribution in [0.4, 0.5) is 0 Å². The zero-order valence-electron chi connectivity index (χ0n) is 12.3. The number of amides is 1. The first-order chi connectivity index (χ1) is 9.01. The predicted molar refractivity (Wildman–Crippen MR) is 72.8 cm³/mol. The lowest BCUT2D eigenvalue weighted by Gasteiger charge is -2.38. The number of nitrogens with zero attached hydrogens (tertiary/aromatic N) is 1. The summed E-state index contributed by atoms with van der Waals surface area (Å²) in [6.45, 7) is 9.69. The first-order valence-corrected chi connectivity index (χ1v) is 7.30. The van der Waals surface area contributed by atoms with Crippen LogP contribution in [0.1, 0.15) is 33.6 Å². The van der Waals surface area contributed by atoms with Crippen LogP contribution in [0.5, 0.6) is 0 Å². The van der Waals surface area contributed by atoms with Crippen molar-refractivity contribution < 1.29 is 14.3 Å². The summed E-state index contributed by atoms with van der Waals surface area (Å²) >= 11 is 0. The van der Waals surface area contributed by atoms with Gasteiger partial charge in [0.25, 0.3) is 0 Å². The first kappa shape index (κ1) is 14.8. The van der Waals surface area contributed by atoms with Gasteiger partial charge >= 0.3 is 0 Å². The summed E-state index contributed by atoms with van der Waals surface area (Å²) in [6, 6.07) is 0.213. The zero-order valence-corrected chi connectivity index (χ0v) is 12.3. The third-order valence-corrected chi connectivity index (χ3v) is 4.07. The maximum atomic E-state index is 12.0. The smallest absolute Gasteiger partial charge is 0.234 e. The SMILES string of the molecule is CC(C)C(C)NC(=O)CN1CCCC2(C1)OCCO2. The van der Waals surface area contributed by atoms with Crippen molar-refractivity contribution in [2.75, 3.05) is 32.8 Å². The predicted octanol–water partition coefficient (Wildman–Crippen LogP) is 0.986. The molecule has 1 spiro atoms. The minimum Gasteiger partial charge on any atom is -0.352 e. The normalized spacial score (nSPS) is 24.8. The zero-order chi connectivity index (χ0) is 13.9. The highest BCUT2D eigenvalue weighted by Gasteiger charge is 2.40. The average molecular weight is 270 g/mol. The van der Waals surface area contributed by atoms with E-state index in [9.17, 15) is 4.79 Å². The molecule has 0 aromatic carbocycles. The highest BCUT2D eigenvalue weighted by molar-refractivity contribution is 5.78. The topological polar surface area (TPSA) is 50.8 Å². The van der Waals surface area contributed by atoms with Crippen molar-refractivity contribution in [1.82, 2.24) is 10.2 Å². The molecular formula is C14H26N2O3. The number of piperidine rings is 1. The van der Waals surface area contributed by atoms with Crippen molar-refractivity contribution >= 4 is 5.91 Å². The van der Waals surface area contributed by atoms with E-state index >= 15 is 0 Å². The molecule has 2 heterocycles. The second-order valence-corrected chi connectivity index (χ2v) is 6.02. The van der Waals surface area contributed by atoms with Crippen LogP contribution >= 0.6 is 0 Å². The van der Waals surface area contributed by atoms with E-state index < -0.39 is 5.79 Å². The molecule has 5 nitrogen and oxygen atoms in total. The van der Waals surface area contributed by atoms with E-state index in [0.29, 0.717) is 32.2 Å². The van der Waals surface area contributed by atoms with Gasteiger partial charge < -0.3 is 14.8 Å². The van der Waals surface area contributed by atoms with Gasteiger partial charge in [0.15, 0.2) is 5.79 Å². The Bertz CT molecular complexity index is 314. The van der Waals surface area contributed by atoms with Gasteiger partial charge in [0, 0.05) is 12.5 Å². The standard InChI is InChI=1S/C14H26N2O3/c1-11(2)12(3)15-13(17)9-16-6-4-5-14(10-16)18-7-8-19-14/h11-12H,4-10H2,1-3H3,(H,15,17). The van der Waals surface area contributed by atoms with E-state index in [1.807, 2.05) is 6.92 Å². The van der Waals surface area contributed by atoms with Gasteiger partial charge in [-0.3, -0.25) is 9.69 Å². The number of hydrogen-bond donors (Lipinski definition) is 1. The van der Waals surface area contributed by atoms with Gasteiger partial charge in [-0.1, -0.05) is 13.8 Å². The van der Waals surface area contributed by atoms with Gasteiger partial charge in [0.2, 0.25) is 5.91 Å². The molecule has 5 heteroatoms. The molecule has 1 unspecified atom stereocenters. The third-order valence-electron chi connectivity index (χ3n) is 4.07. The molecule has 0 aromatic heterocycles. The molecule has 0 saturated carbocycles. The molecule has 2 fully saturated rings. The number of ether oxygens (including phenoxy) is 2. The molecule has 0 radical (unpaired) electrons. The van der Waals surface area contributed by atoms with Crippen molar-refractivity contribution in [2.45, 2.75) is 45.4 Å². The Labute approximate surface area is 115 Å². The fourth-order valence-electron chi connectivity index (χ4n) is 2.61. The number of carbonyl (C=O) groups excluding carboxylic acids is 1. The fraction of sp³-hybridized carbons (Fsp3) is 0.929. The van der Waals surface area contributed by atoms with Crippen LogP contribution in [-0.4, -0.2) is 55.5 Å². The quantitative estimate of drug-likeness (QED) is 0.827. The molecule has 0 aromatic rings. The summed E-state index contributed by atoms with van der Waals surface area (Å²) in [6.07, 6.45) is 1.96. The molecule has 1 N–H and O–H groups in total. The van der Waals surface area contributed by atoms with Crippen LogP contribution in [0.2, 0.25) is 0 Å². The molecule has 2 aliphatic heterocycles. The molecule has 0 aliphatic carbocycles. The van der Waals surface area contributed by atoms with E-state index in [4.69, 9.17) is 9.47 Å². The summed E-state index contributed by atoms with van der Waals surface area (Å²) in [5.74, 6) is 0.108. The van der Waals surface area contributed by atoms with Gasteiger partial charge in [-0.05, 0) is 25.8 Å². The minimum absolute atomic E-state index is 0.0937. The van der Waals surface area contributed by atoms with Gasteiger partial charge in [0.05, 0.1) is 26.3 Å². The van der Waals surface area contributed by atoms with Crippen LogP contribution < -0.4 is 5.32 Å². The highest BCUT2D eigenvalue weighted by Crippen LogP contribution is 2.29. The Morgan fingerprint density at radius 2 is 2.00 bits per heavy atom. The number of rotatable bonds is 4. The van der Waals surface area contributed by atoms with Crippen LogP contribution in [-0.2, 0) is 14.3 Å². The van der Waals surface area contributed by atoms with Crippen molar-refractivity contribution in [2.24, 2.45) is 5.92 Å². The summed E-state index contributed by atoms with van der Waals surface area (Å²) in [4.78, 5) is 14.1. The van der Waals surface area contributed by atoms with E-state index in [1.54, 1.807) is 0 Å². The van der Waals surface area contributed by atoms with Gasteiger partial charge in [-0.2, -0.15) is 0 Å². The molecule has 2 aliphatic rings. The first-order valence-electron chi connectivity index (χ1n) is 7.30. The number of hydrogen-bond acceptors (Lipinski definition) is 4. The average Bonchev–Trinajstić information content (AvgIpc) is 2.76. The summed E-state index contributed by atoms with van der Waals surface area (Å²) in [5, 5.41) is 3.04. The third kappa shape index (κ3) is 3.91. The van der Waals surface area contributed by atoms with Gasteiger partial charge in [0.1, 0.15) is 0 Å². The van der Waals surface area contributed by atoms with Crippen molar-refractivity contribution in [3.8, 4) is 0 Å². The fourth-order valence-corrected chi connectivity index (χ4v) is 2.61. The Kier molecular flexibility index (Phi) is 4.81. The lowest BCUT2D eigenvalue weighted by molar-refractivity contribution is -0.189. The summed E-state index contributed by atoms with van der Waals surface area (Å²) in [5.41, 5.74) is 0. The Morgan fingerprint density at radius 3 is 2.63 bits per heavy atom. The maximum Gasteiger partial charge on any atom is 0.234 e. The Morgan fingerprint density at radius 1 is 1.32 bits per heavy atom. The van der Waals surface area contributed by atoms with Crippen LogP contribution in [0, 0.1) is 5.92 Å². The molecule has 1 atom stereocenters. The largest absolute Gasteiger partial charge is 0.352 e. The molecule has 0 bridgehead atoms. The lowest BCUT2D eigenvalue weighted by atomic mass is 10.0. The summed E-state index contributed by atoms with van der Waals surface area (Å²) in [7, 11) is 0. The number of likely N-dealkylation sites (tertiary alicyclic amines) is 1. The van der Waals surface area contributed by atoms with E-state index in [2.05, 4.69) is 24.1 Å². The van der Waals surface area contributed by atoms with Crippen molar-refractivity contribution in [3.05, 3.63) is 0 Å². The molecule has 2 rings (SSSR count). The van der Waals surface area contributed by atoms with E-state index in [1.165, 1.54) is 0 Å². The lowest BCUT2D eigenvalue weighted by Crippen LogP contribution is -2.52. The van der Waals surface area contributed by atoms with Crippen LogP contribution in [0.25, 0.3) is 0 Å². The molecular weight excluding hydrogens is 244 g/mol. The van der Waals surface area contributed by atoms with E-state index in [-0.39, 0.29) is 11.9 Å². The monoisotopic (exact) mass is 270 g/mol. The molecule has 19 heavy (non-hydrogen) atoms. The number of nitrogens with one attached hydrogen (secondary N) is 1. The Hall–Kier alpha value is -0.650. The van der Waals surface area contributed by atoms with Crippen molar-refractivity contribution in [3.63, 3.8) is 0 Å². The second kappa shape index (κ2) is 6.20. The van der Waals surface area contributed by atoms with Gasteiger partial charge in [-0.25, -0.2) is 0 Å². The van der Waals surface area contributed by atoms with E-state index in [0.717, 1.165) is 19.4 Å². The minimum atomic E-state index is -0.442. The van der Waals surface area contributed by atoms with Crippen LogP contribution in [0.3, 0.4) is 0 Å². The molecule has 2 saturated heterocycles. The van der Waals surface area contributed by atoms with Gasteiger partial charge in [-0.15, -0.1) is 0 Å². The molecule has 110 valence electrons. The molecule has 1 amide bonds. The van der Waals surface area contributed by atoms with Crippen LogP contribution in [0.15, 0.2) is 0 Å². The Balaban J connectivity index is 1.80. The second-order valence-electron chi connectivity index (χ2n) is 6.02. The highest BCUT2D eigenvalue weighted by atomic mass is 16.7. The summed E-state index contributed by atoms with van der Waals surface area (Å²) < 4.78 is 11.4.